The number of nitrogens with two attached hydrogens (primary N) is 1. The van der Waals surface area contributed by atoms with Crippen LogP contribution in [0.25, 0.3) is 16.9 Å². The molecule has 0 unspecified atom stereocenters. The van der Waals surface area contributed by atoms with Gasteiger partial charge in [-0.05, 0) is 31.0 Å². The van der Waals surface area contributed by atoms with Crippen molar-refractivity contribution >= 4 is 17.0 Å². The molecule has 4 rings (SSSR count). The number of fused-ring (bicyclic) bond motifs is 1. The summed E-state index contributed by atoms with van der Waals surface area (Å²) in [6.07, 6.45) is 6.61. The quantitative estimate of drug-likeness (QED) is 0.732. The van der Waals surface area contributed by atoms with Crippen LogP contribution in [0.15, 0.2) is 48.8 Å². The maximum absolute atomic E-state index is 5.75. The lowest BCUT2D eigenvalue weighted by Crippen LogP contribution is -2.17. The first kappa shape index (κ1) is 12.3. The number of benzene rings is 1. The molecule has 0 radical (unpaired) electrons. The van der Waals surface area contributed by atoms with Crippen LogP contribution in [0.3, 0.4) is 0 Å². The van der Waals surface area contributed by atoms with E-state index in [0.717, 1.165) is 35.7 Å². The van der Waals surface area contributed by atoms with Crippen molar-refractivity contribution in [3.05, 3.63) is 48.8 Å². The zero-order chi connectivity index (χ0) is 14.2. The summed E-state index contributed by atoms with van der Waals surface area (Å²) < 4.78 is 2.13. The Kier molecular flexibility index (Phi) is 2.81. The predicted molar refractivity (Wildman–Crippen MR) is 86.5 cm³/mol. The van der Waals surface area contributed by atoms with Crippen LogP contribution in [0.5, 0.6) is 0 Å². The van der Waals surface area contributed by atoms with Crippen molar-refractivity contribution in [2.24, 2.45) is 0 Å². The van der Waals surface area contributed by atoms with Crippen LogP contribution in [0.1, 0.15) is 12.8 Å². The molecular weight excluding hydrogens is 260 g/mol. The van der Waals surface area contributed by atoms with Gasteiger partial charge in [0.05, 0.1) is 11.9 Å². The van der Waals surface area contributed by atoms with Crippen LogP contribution < -0.4 is 10.6 Å². The maximum Gasteiger partial charge on any atom is 0.139 e. The number of hydrogen-bond acceptors (Lipinski definition) is 3. The Morgan fingerprint density at radius 2 is 1.76 bits per heavy atom. The number of nitrogens with zero attached hydrogens (tertiary/aromatic N) is 3. The molecule has 1 aliphatic rings. The molecular formula is C17H18N4. The fourth-order valence-corrected chi connectivity index (χ4v) is 3.01. The summed E-state index contributed by atoms with van der Waals surface area (Å²) in [5.41, 5.74) is 11.0. The highest BCUT2D eigenvalue weighted by Gasteiger charge is 2.14. The van der Waals surface area contributed by atoms with Gasteiger partial charge in [-0.25, -0.2) is 4.98 Å². The van der Waals surface area contributed by atoms with Crippen molar-refractivity contribution in [2.75, 3.05) is 23.7 Å². The summed E-state index contributed by atoms with van der Waals surface area (Å²) in [4.78, 5) is 6.98. The van der Waals surface area contributed by atoms with Crippen LogP contribution in [-0.4, -0.2) is 22.5 Å². The molecule has 1 aromatic carbocycles. The second kappa shape index (κ2) is 4.81. The highest BCUT2D eigenvalue weighted by molar-refractivity contribution is 5.67. The van der Waals surface area contributed by atoms with E-state index < -0.39 is 0 Å². The first-order chi connectivity index (χ1) is 10.3. The van der Waals surface area contributed by atoms with Gasteiger partial charge in [0.1, 0.15) is 5.65 Å². The van der Waals surface area contributed by atoms with E-state index in [1.165, 1.54) is 18.5 Å². The Labute approximate surface area is 123 Å². The fourth-order valence-electron chi connectivity index (χ4n) is 3.01. The SMILES string of the molecule is Nc1ccc(-c2cnc3cc(N4CCCC4)ccn23)cc1. The van der Waals surface area contributed by atoms with Gasteiger partial charge in [-0.15, -0.1) is 0 Å². The second-order valence-corrected chi connectivity index (χ2v) is 5.57. The van der Waals surface area contributed by atoms with Gasteiger partial charge in [-0.3, -0.25) is 4.40 Å². The minimum Gasteiger partial charge on any atom is -0.399 e. The number of hydrogen-bond donors (Lipinski definition) is 1. The van der Waals surface area contributed by atoms with Crippen molar-refractivity contribution in [1.29, 1.82) is 0 Å². The van der Waals surface area contributed by atoms with E-state index >= 15 is 0 Å². The van der Waals surface area contributed by atoms with Gasteiger partial charge < -0.3 is 10.6 Å². The molecule has 0 bridgehead atoms. The number of rotatable bonds is 2. The normalized spacial score (nSPS) is 15.0. The lowest BCUT2D eigenvalue weighted by molar-refractivity contribution is 0.949. The molecule has 0 aliphatic carbocycles. The molecule has 21 heavy (non-hydrogen) atoms. The number of imidazole rings is 1. The Bertz CT molecular complexity index is 767. The number of anilines is 2. The molecule has 2 N–H and O–H groups in total. The average Bonchev–Trinajstić information content (AvgIpc) is 3.17. The molecule has 0 amide bonds. The summed E-state index contributed by atoms with van der Waals surface area (Å²) >= 11 is 0. The number of aromatic nitrogens is 2. The maximum atomic E-state index is 5.75. The summed E-state index contributed by atoms with van der Waals surface area (Å²) in [7, 11) is 0. The first-order valence-electron chi connectivity index (χ1n) is 7.39. The van der Waals surface area contributed by atoms with E-state index in [9.17, 15) is 0 Å². The van der Waals surface area contributed by atoms with Crippen LogP contribution in [-0.2, 0) is 0 Å². The molecule has 3 aromatic rings. The average molecular weight is 278 g/mol. The zero-order valence-corrected chi connectivity index (χ0v) is 11.9. The summed E-state index contributed by atoms with van der Waals surface area (Å²) in [5.74, 6) is 0. The van der Waals surface area contributed by atoms with Gasteiger partial charge in [-0.1, -0.05) is 12.1 Å². The highest BCUT2D eigenvalue weighted by atomic mass is 15.1. The lowest BCUT2D eigenvalue weighted by atomic mass is 10.1. The van der Waals surface area contributed by atoms with Crippen molar-refractivity contribution in [2.45, 2.75) is 12.8 Å². The van der Waals surface area contributed by atoms with E-state index in [0.29, 0.717) is 0 Å². The van der Waals surface area contributed by atoms with Crippen molar-refractivity contribution in [1.82, 2.24) is 9.38 Å². The molecule has 0 atom stereocenters. The third-order valence-electron chi connectivity index (χ3n) is 4.17. The monoisotopic (exact) mass is 278 g/mol. The molecule has 1 fully saturated rings. The second-order valence-electron chi connectivity index (χ2n) is 5.57. The van der Waals surface area contributed by atoms with Gasteiger partial charge in [0.25, 0.3) is 0 Å². The molecule has 1 saturated heterocycles. The summed E-state index contributed by atoms with van der Waals surface area (Å²) in [6.45, 7) is 2.31. The Hall–Kier alpha value is -2.49. The largest absolute Gasteiger partial charge is 0.399 e. The molecule has 0 spiro atoms. The minimum absolute atomic E-state index is 0.781. The summed E-state index contributed by atoms with van der Waals surface area (Å²) in [6, 6.07) is 12.3. The molecule has 2 aromatic heterocycles. The highest BCUT2D eigenvalue weighted by Crippen LogP contribution is 2.26. The topological polar surface area (TPSA) is 46.6 Å². The Morgan fingerprint density at radius 1 is 1.00 bits per heavy atom. The van der Waals surface area contributed by atoms with Crippen molar-refractivity contribution in [3.8, 4) is 11.3 Å². The first-order valence-corrected chi connectivity index (χ1v) is 7.39. The van der Waals surface area contributed by atoms with Crippen LogP contribution in [0.4, 0.5) is 11.4 Å². The van der Waals surface area contributed by atoms with E-state index in [4.69, 9.17) is 5.73 Å². The Balaban J connectivity index is 1.76. The van der Waals surface area contributed by atoms with Crippen LogP contribution in [0, 0.1) is 0 Å². The molecule has 4 nitrogen and oxygen atoms in total. The van der Waals surface area contributed by atoms with Gasteiger partial charge in [0.15, 0.2) is 0 Å². The van der Waals surface area contributed by atoms with Gasteiger partial charge in [-0.2, -0.15) is 0 Å². The van der Waals surface area contributed by atoms with E-state index in [-0.39, 0.29) is 0 Å². The molecule has 1 aliphatic heterocycles. The van der Waals surface area contributed by atoms with Gasteiger partial charge in [0.2, 0.25) is 0 Å². The Morgan fingerprint density at radius 3 is 2.52 bits per heavy atom. The lowest BCUT2D eigenvalue weighted by Gasteiger charge is -2.17. The molecule has 106 valence electrons. The standard InChI is InChI=1S/C17H18N4/c18-14-5-3-13(4-6-14)16-12-19-17-11-15(7-10-21(16)17)20-8-1-2-9-20/h3-7,10-12H,1-2,8-9,18H2. The zero-order valence-electron chi connectivity index (χ0n) is 11.9. The summed E-state index contributed by atoms with van der Waals surface area (Å²) in [5, 5.41) is 0. The van der Waals surface area contributed by atoms with Crippen molar-refractivity contribution in [3.63, 3.8) is 0 Å². The number of nitrogen functional groups attached to an aromatic ring is 1. The van der Waals surface area contributed by atoms with E-state index in [2.05, 4.69) is 32.6 Å². The van der Waals surface area contributed by atoms with E-state index in [1.807, 2.05) is 30.5 Å². The minimum atomic E-state index is 0.781. The van der Waals surface area contributed by atoms with Crippen molar-refractivity contribution < 1.29 is 0 Å². The molecule has 4 heteroatoms. The molecule has 0 saturated carbocycles. The number of pyridine rings is 1. The fraction of sp³-hybridized carbons (Fsp3) is 0.235. The smallest absolute Gasteiger partial charge is 0.139 e. The van der Waals surface area contributed by atoms with Crippen LogP contribution in [0.2, 0.25) is 0 Å². The van der Waals surface area contributed by atoms with E-state index in [1.54, 1.807) is 0 Å². The molecule has 3 heterocycles. The van der Waals surface area contributed by atoms with Crippen LogP contribution >= 0.6 is 0 Å². The third-order valence-corrected chi connectivity index (χ3v) is 4.17. The van der Waals surface area contributed by atoms with Gasteiger partial charge >= 0.3 is 0 Å². The predicted octanol–water partition coefficient (Wildman–Crippen LogP) is 3.18. The third kappa shape index (κ3) is 2.13. The van der Waals surface area contributed by atoms with Gasteiger partial charge in [0, 0.05) is 42.3 Å².